The monoisotopic (exact) mass is 474 g/mol. The van der Waals surface area contributed by atoms with Gasteiger partial charge in [-0.25, -0.2) is 14.4 Å². The van der Waals surface area contributed by atoms with Crippen LogP contribution in [0.3, 0.4) is 0 Å². The van der Waals surface area contributed by atoms with Crippen LogP contribution in [0, 0.1) is 12.7 Å². The summed E-state index contributed by atoms with van der Waals surface area (Å²) in [7, 11) is 1.56. The number of carbonyl (C=O) groups is 1. The van der Waals surface area contributed by atoms with Gasteiger partial charge in [0.05, 0.1) is 12.6 Å². The summed E-state index contributed by atoms with van der Waals surface area (Å²) in [6, 6.07) is 13.7. The number of ketones is 1. The SMILES string of the molecule is COc1cc2ncnc(Oc3ccc(CC(=O)Cc4cc(C)ccc4F)cc3)c2c2c1OCCO2. The number of ether oxygens (including phenoxy) is 4. The molecule has 0 saturated heterocycles. The zero-order chi connectivity index (χ0) is 24.4. The van der Waals surface area contributed by atoms with Crippen LogP contribution in [0.1, 0.15) is 16.7 Å². The standard InChI is InChI=1S/C27H23FN2O5/c1-16-3-8-21(28)18(11-16)13-19(31)12-17-4-6-20(7-5-17)35-27-24-22(29-15-30-27)14-23(32-2)25-26(24)34-10-9-33-25/h3-8,11,14-15H,9-10,12-13H2,1-2H3. The fraction of sp³-hybridized carbons (Fsp3) is 0.222. The number of rotatable bonds is 7. The van der Waals surface area contributed by atoms with Crippen LogP contribution in [-0.4, -0.2) is 36.1 Å². The molecule has 8 heteroatoms. The van der Waals surface area contributed by atoms with E-state index in [1.54, 1.807) is 49.6 Å². The normalized spacial score (nSPS) is 12.4. The van der Waals surface area contributed by atoms with E-state index in [0.29, 0.717) is 58.6 Å². The van der Waals surface area contributed by atoms with Gasteiger partial charge in [-0.2, -0.15) is 0 Å². The molecule has 1 aromatic heterocycles. The molecule has 4 aromatic rings. The van der Waals surface area contributed by atoms with Gasteiger partial charge in [-0.3, -0.25) is 4.79 Å². The number of hydrogen-bond donors (Lipinski definition) is 0. The maximum atomic E-state index is 14.0. The molecule has 0 fully saturated rings. The van der Waals surface area contributed by atoms with Gasteiger partial charge in [-0.15, -0.1) is 0 Å². The summed E-state index contributed by atoms with van der Waals surface area (Å²) < 4.78 is 37.1. The van der Waals surface area contributed by atoms with Crippen molar-refractivity contribution >= 4 is 16.7 Å². The van der Waals surface area contributed by atoms with E-state index in [2.05, 4.69) is 9.97 Å². The third-order valence-electron chi connectivity index (χ3n) is 5.69. The lowest BCUT2D eigenvalue weighted by atomic mass is 10.0. The van der Waals surface area contributed by atoms with E-state index in [-0.39, 0.29) is 24.4 Å². The molecule has 0 bridgehead atoms. The van der Waals surface area contributed by atoms with E-state index >= 15 is 0 Å². The Bertz CT molecular complexity index is 1410. The molecular weight excluding hydrogens is 451 g/mol. The van der Waals surface area contributed by atoms with E-state index in [1.165, 1.54) is 12.4 Å². The van der Waals surface area contributed by atoms with Crippen LogP contribution in [0.25, 0.3) is 10.9 Å². The van der Waals surface area contributed by atoms with Gasteiger partial charge in [-0.1, -0.05) is 29.8 Å². The molecule has 0 amide bonds. The lowest BCUT2D eigenvalue weighted by Gasteiger charge is -2.22. The van der Waals surface area contributed by atoms with Crippen LogP contribution in [0.15, 0.2) is 54.9 Å². The first-order valence-corrected chi connectivity index (χ1v) is 11.2. The molecule has 1 aliphatic rings. The second kappa shape index (κ2) is 9.58. The fourth-order valence-electron chi connectivity index (χ4n) is 4.04. The number of methoxy groups -OCH3 is 1. The van der Waals surface area contributed by atoms with Crippen LogP contribution in [-0.2, 0) is 17.6 Å². The number of aromatic nitrogens is 2. The van der Waals surface area contributed by atoms with E-state index in [0.717, 1.165) is 11.1 Å². The van der Waals surface area contributed by atoms with E-state index in [1.807, 2.05) is 6.92 Å². The number of nitrogens with zero attached hydrogens (tertiary/aromatic N) is 2. The van der Waals surface area contributed by atoms with Crippen LogP contribution >= 0.6 is 0 Å². The molecule has 0 spiro atoms. The first kappa shape index (κ1) is 22.6. The Hall–Kier alpha value is -4.20. The Balaban J connectivity index is 1.35. The van der Waals surface area contributed by atoms with Gasteiger partial charge in [0.15, 0.2) is 11.5 Å². The van der Waals surface area contributed by atoms with Crippen molar-refractivity contribution in [2.45, 2.75) is 19.8 Å². The quantitative estimate of drug-likeness (QED) is 0.373. The number of Topliss-reactive ketones (excluding diaryl/α,β-unsaturated/α-hetero) is 1. The topological polar surface area (TPSA) is 79.8 Å². The highest BCUT2D eigenvalue weighted by Crippen LogP contribution is 2.47. The average molecular weight is 474 g/mol. The Morgan fingerprint density at radius 2 is 1.77 bits per heavy atom. The van der Waals surface area contributed by atoms with Crippen molar-refractivity contribution in [3.8, 4) is 28.9 Å². The molecular formula is C27H23FN2O5. The van der Waals surface area contributed by atoms with Crippen molar-refractivity contribution in [3.05, 3.63) is 77.4 Å². The molecule has 0 unspecified atom stereocenters. The van der Waals surface area contributed by atoms with Crippen molar-refractivity contribution in [1.82, 2.24) is 9.97 Å². The Morgan fingerprint density at radius 1 is 1.00 bits per heavy atom. The van der Waals surface area contributed by atoms with E-state index in [4.69, 9.17) is 18.9 Å². The van der Waals surface area contributed by atoms with Gasteiger partial charge >= 0.3 is 0 Å². The molecule has 0 atom stereocenters. The van der Waals surface area contributed by atoms with Crippen LogP contribution in [0.5, 0.6) is 28.9 Å². The van der Waals surface area contributed by atoms with Gasteiger partial charge in [0.1, 0.15) is 42.3 Å². The molecule has 3 aromatic carbocycles. The Labute approximate surface area is 201 Å². The molecule has 35 heavy (non-hydrogen) atoms. The number of aryl methyl sites for hydroxylation is 1. The second-order valence-electron chi connectivity index (χ2n) is 8.24. The molecule has 1 aliphatic heterocycles. The van der Waals surface area contributed by atoms with Crippen molar-refractivity contribution in [3.63, 3.8) is 0 Å². The summed E-state index contributed by atoms with van der Waals surface area (Å²) in [5, 5.41) is 0.586. The Kier molecular flexibility index (Phi) is 6.18. The lowest BCUT2D eigenvalue weighted by molar-refractivity contribution is -0.117. The molecule has 0 aliphatic carbocycles. The third-order valence-corrected chi connectivity index (χ3v) is 5.69. The van der Waals surface area contributed by atoms with E-state index < -0.39 is 0 Å². The summed E-state index contributed by atoms with van der Waals surface area (Å²) in [6.45, 7) is 2.67. The van der Waals surface area contributed by atoms with Gasteiger partial charge in [0, 0.05) is 18.9 Å². The minimum Gasteiger partial charge on any atom is -0.493 e. The van der Waals surface area contributed by atoms with E-state index in [9.17, 15) is 9.18 Å². The van der Waals surface area contributed by atoms with Crippen molar-refractivity contribution in [1.29, 1.82) is 0 Å². The predicted molar refractivity (Wildman–Crippen MR) is 127 cm³/mol. The van der Waals surface area contributed by atoms with Crippen molar-refractivity contribution < 1.29 is 28.1 Å². The summed E-state index contributed by atoms with van der Waals surface area (Å²) in [4.78, 5) is 21.1. The number of halogens is 1. The number of carbonyl (C=O) groups excluding carboxylic acids is 1. The van der Waals surface area contributed by atoms with Crippen molar-refractivity contribution in [2.24, 2.45) is 0 Å². The van der Waals surface area contributed by atoms with Crippen LogP contribution < -0.4 is 18.9 Å². The number of hydrogen-bond acceptors (Lipinski definition) is 7. The smallest absolute Gasteiger partial charge is 0.234 e. The minimum atomic E-state index is -0.362. The highest BCUT2D eigenvalue weighted by molar-refractivity contribution is 5.94. The number of benzene rings is 3. The molecule has 0 N–H and O–H groups in total. The highest BCUT2D eigenvalue weighted by Gasteiger charge is 2.25. The van der Waals surface area contributed by atoms with Crippen molar-refractivity contribution in [2.75, 3.05) is 20.3 Å². The average Bonchev–Trinajstić information content (AvgIpc) is 2.87. The first-order valence-electron chi connectivity index (χ1n) is 11.2. The second-order valence-corrected chi connectivity index (χ2v) is 8.24. The maximum Gasteiger partial charge on any atom is 0.234 e. The minimum absolute atomic E-state index is 0.0509. The zero-order valence-electron chi connectivity index (χ0n) is 19.3. The van der Waals surface area contributed by atoms with Crippen LogP contribution in [0.4, 0.5) is 4.39 Å². The van der Waals surface area contributed by atoms with Gasteiger partial charge < -0.3 is 18.9 Å². The first-order chi connectivity index (χ1) is 17.0. The van der Waals surface area contributed by atoms with Gasteiger partial charge in [-0.05, 0) is 36.2 Å². The third kappa shape index (κ3) is 4.73. The fourth-order valence-corrected chi connectivity index (χ4v) is 4.04. The molecule has 7 nitrogen and oxygen atoms in total. The summed E-state index contributed by atoms with van der Waals surface area (Å²) in [5.41, 5.74) is 2.74. The molecule has 0 saturated carbocycles. The molecule has 5 rings (SSSR count). The van der Waals surface area contributed by atoms with Gasteiger partial charge in [0.25, 0.3) is 0 Å². The molecule has 2 heterocycles. The number of fused-ring (bicyclic) bond motifs is 3. The lowest BCUT2D eigenvalue weighted by Crippen LogP contribution is -2.16. The molecule has 0 radical (unpaired) electrons. The summed E-state index contributed by atoms with van der Waals surface area (Å²) >= 11 is 0. The van der Waals surface area contributed by atoms with Gasteiger partial charge in [0.2, 0.25) is 11.6 Å². The zero-order valence-corrected chi connectivity index (χ0v) is 19.3. The predicted octanol–water partition coefficient (Wildman–Crippen LogP) is 5.00. The van der Waals surface area contributed by atoms with Crippen LogP contribution in [0.2, 0.25) is 0 Å². The maximum absolute atomic E-state index is 14.0. The highest BCUT2D eigenvalue weighted by atomic mass is 19.1. The largest absolute Gasteiger partial charge is 0.493 e. The summed E-state index contributed by atoms with van der Waals surface area (Å²) in [6.07, 6.45) is 1.66. The Morgan fingerprint density at radius 3 is 2.54 bits per heavy atom. The summed E-state index contributed by atoms with van der Waals surface area (Å²) in [5.74, 6) is 1.92. The molecule has 178 valence electrons.